The van der Waals surface area contributed by atoms with Gasteiger partial charge in [-0.3, -0.25) is 4.79 Å². The van der Waals surface area contributed by atoms with Gasteiger partial charge in [-0.1, -0.05) is 20.8 Å². The van der Waals surface area contributed by atoms with Gasteiger partial charge >= 0.3 is 12.1 Å². The first-order valence-corrected chi connectivity index (χ1v) is 7.28. The minimum absolute atomic E-state index is 0.0623. The van der Waals surface area contributed by atoms with Crippen LogP contribution in [-0.2, 0) is 9.53 Å². The van der Waals surface area contributed by atoms with E-state index in [0.717, 1.165) is 0 Å². The van der Waals surface area contributed by atoms with Gasteiger partial charge in [-0.25, -0.2) is 4.79 Å². The number of carbonyl (C=O) groups is 2. The second kappa shape index (κ2) is 7.64. The Labute approximate surface area is 127 Å². The highest BCUT2D eigenvalue weighted by atomic mass is 16.6. The number of hydrogen-bond acceptors (Lipinski definition) is 4. The average Bonchev–Trinajstić information content (AvgIpc) is 2.23. The van der Waals surface area contributed by atoms with E-state index < -0.39 is 23.7 Å². The molecule has 0 aromatic heterocycles. The number of alkyl carbamates (subject to hydrolysis) is 1. The van der Waals surface area contributed by atoms with Crippen molar-refractivity contribution in [3.63, 3.8) is 0 Å². The predicted octanol–water partition coefficient (Wildman–Crippen LogP) is 2.37. The van der Waals surface area contributed by atoms with Gasteiger partial charge in [0.25, 0.3) is 0 Å². The minimum atomic E-state index is -0.997. The molecule has 2 unspecified atom stereocenters. The van der Waals surface area contributed by atoms with Crippen LogP contribution in [0.3, 0.4) is 0 Å². The molecular formula is C15H30N2O4. The monoisotopic (exact) mass is 302 g/mol. The molecule has 21 heavy (non-hydrogen) atoms. The summed E-state index contributed by atoms with van der Waals surface area (Å²) >= 11 is 0. The van der Waals surface area contributed by atoms with E-state index in [-0.39, 0.29) is 11.3 Å². The summed E-state index contributed by atoms with van der Waals surface area (Å²) in [5, 5.41) is 11.6. The van der Waals surface area contributed by atoms with Gasteiger partial charge in [0.1, 0.15) is 11.6 Å². The molecule has 0 heterocycles. The summed E-state index contributed by atoms with van der Waals surface area (Å²) in [6, 6.07) is -0.864. The largest absolute Gasteiger partial charge is 0.480 e. The lowest BCUT2D eigenvalue weighted by molar-refractivity contribution is -0.138. The molecule has 0 aliphatic heterocycles. The van der Waals surface area contributed by atoms with Crippen molar-refractivity contribution in [2.45, 2.75) is 66.0 Å². The zero-order valence-electron chi connectivity index (χ0n) is 14.0. The van der Waals surface area contributed by atoms with Crippen molar-refractivity contribution < 1.29 is 19.4 Å². The van der Waals surface area contributed by atoms with Crippen molar-refractivity contribution >= 4 is 12.1 Å². The Kier molecular flexibility index (Phi) is 7.16. The van der Waals surface area contributed by atoms with Gasteiger partial charge in [-0.15, -0.1) is 0 Å². The van der Waals surface area contributed by atoms with Gasteiger partial charge in [0.05, 0.1) is 0 Å². The van der Waals surface area contributed by atoms with Gasteiger partial charge < -0.3 is 20.9 Å². The maximum Gasteiger partial charge on any atom is 0.407 e. The average molecular weight is 302 g/mol. The lowest BCUT2D eigenvalue weighted by Crippen LogP contribution is -2.39. The van der Waals surface area contributed by atoms with Crippen LogP contribution >= 0.6 is 0 Å². The molecule has 0 saturated heterocycles. The van der Waals surface area contributed by atoms with Crippen LogP contribution in [0.1, 0.15) is 54.4 Å². The normalized spacial score (nSPS) is 15.2. The number of aliphatic carboxylic acids is 1. The van der Waals surface area contributed by atoms with Gasteiger partial charge in [0.2, 0.25) is 0 Å². The van der Waals surface area contributed by atoms with Crippen LogP contribution in [0.2, 0.25) is 0 Å². The number of hydrogen-bond donors (Lipinski definition) is 3. The first-order chi connectivity index (χ1) is 9.33. The lowest BCUT2D eigenvalue weighted by Gasteiger charge is -2.31. The van der Waals surface area contributed by atoms with E-state index in [1.165, 1.54) is 0 Å². The molecule has 2 atom stereocenters. The number of ether oxygens (including phenoxy) is 1. The minimum Gasteiger partial charge on any atom is -0.480 e. The highest BCUT2D eigenvalue weighted by Gasteiger charge is 2.27. The molecule has 0 spiro atoms. The number of nitrogens with one attached hydrogen (secondary N) is 1. The molecule has 124 valence electrons. The molecule has 1 amide bonds. The van der Waals surface area contributed by atoms with Crippen molar-refractivity contribution in [2.24, 2.45) is 17.1 Å². The predicted molar refractivity (Wildman–Crippen MR) is 82.0 cm³/mol. The number of carbonyl (C=O) groups excluding carboxylic acids is 1. The maximum atomic E-state index is 11.7. The fraction of sp³-hybridized carbons (Fsp3) is 0.867. The van der Waals surface area contributed by atoms with Gasteiger partial charge in [-0.2, -0.15) is 0 Å². The molecule has 0 fully saturated rings. The summed E-state index contributed by atoms with van der Waals surface area (Å²) in [6.07, 6.45) is 0.555. The van der Waals surface area contributed by atoms with E-state index in [2.05, 4.69) is 26.1 Å². The SMILES string of the molecule is CC(C)(C)OC(=O)NCC(CCC(N)C(=O)O)C(C)(C)C. The number of nitrogens with two attached hydrogens (primary N) is 1. The Bertz CT molecular complexity index is 356. The van der Waals surface area contributed by atoms with Crippen molar-refractivity contribution in [3.05, 3.63) is 0 Å². The van der Waals surface area contributed by atoms with Crippen molar-refractivity contribution in [1.29, 1.82) is 0 Å². The first-order valence-electron chi connectivity index (χ1n) is 7.28. The van der Waals surface area contributed by atoms with Crippen molar-refractivity contribution in [2.75, 3.05) is 6.54 Å². The topological polar surface area (TPSA) is 102 Å². The van der Waals surface area contributed by atoms with Crippen LogP contribution in [0.5, 0.6) is 0 Å². The summed E-state index contributed by atoms with van der Waals surface area (Å²) < 4.78 is 5.20. The fourth-order valence-electron chi connectivity index (χ4n) is 1.87. The summed E-state index contributed by atoms with van der Waals surface area (Å²) in [4.78, 5) is 22.5. The van der Waals surface area contributed by atoms with Crippen LogP contribution in [0.15, 0.2) is 0 Å². The zero-order valence-corrected chi connectivity index (χ0v) is 14.0. The van der Waals surface area contributed by atoms with Gasteiger partial charge in [-0.05, 0) is 44.9 Å². The maximum absolute atomic E-state index is 11.7. The summed E-state index contributed by atoms with van der Waals surface area (Å²) in [7, 11) is 0. The smallest absolute Gasteiger partial charge is 0.407 e. The molecule has 0 aromatic rings. The Morgan fingerprint density at radius 1 is 1.14 bits per heavy atom. The molecule has 6 nitrogen and oxygen atoms in total. The third-order valence-electron chi connectivity index (χ3n) is 3.26. The Morgan fingerprint density at radius 2 is 1.67 bits per heavy atom. The van der Waals surface area contributed by atoms with Gasteiger partial charge in [0.15, 0.2) is 0 Å². The zero-order chi connectivity index (χ0) is 16.8. The second-order valence-electron chi connectivity index (χ2n) is 7.47. The number of carboxylic acids is 1. The molecule has 0 radical (unpaired) electrons. The van der Waals surface area contributed by atoms with E-state index in [1.807, 2.05) is 0 Å². The summed E-state index contributed by atoms with van der Waals surface area (Å²) in [6.45, 7) is 12.0. The van der Waals surface area contributed by atoms with Crippen LogP contribution in [0.25, 0.3) is 0 Å². The fourth-order valence-corrected chi connectivity index (χ4v) is 1.87. The van der Waals surface area contributed by atoms with Crippen LogP contribution in [-0.4, -0.2) is 35.4 Å². The lowest BCUT2D eigenvalue weighted by atomic mass is 9.77. The van der Waals surface area contributed by atoms with E-state index in [9.17, 15) is 9.59 Å². The van der Waals surface area contributed by atoms with E-state index >= 15 is 0 Å². The number of rotatable bonds is 6. The van der Waals surface area contributed by atoms with Gasteiger partial charge in [0, 0.05) is 6.54 Å². The quantitative estimate of drug-likeness (QED) is 0.699. The first kappa shape index (κ1) is 19.7. The summed E-state index contributed by atoms with van der Waals surface area (Å²) in [5.74, 6) is -0.877. The standard InChI is InChI=1S/C15H30N2O4/c1-14(2,3)10(7-8-11(16)12(18)19)9-17-13(20)21-15(4,5)6/h10-11H,7-9,16H2,1-6H3,(H,17,20)(H,18,19). The molecular weight excluding hydrogens is 272 g/mol. The Morgan fingerprint density at radius 3 is 2.05 bits per heavy atom. The van der Waals surface area contributed by atoms with E-state index in [1.54, 1.807) is 20.8 Å². The second-order valence-corrected chi connectivity index (χ2v) is 7.47. The van der Waals surface area contributed by atoms with Crippen LogP contribution in [0.4, 0.5) is 4.79 Å². The van der Waals surface area contributed by atoms with Crippen LogP contribution < -0.4 is 11.1 Å². The Hall–Kier alpha value is -1.30. The molecule has 0 rings (SSSR count). The molecule has 6 heteroatoms. The molecule has 0 bridgehead atoms. The van der Waals surface area contributed by atoms with Crippen molar-refractivity contribution in [1.82, 2.24) is 5.32 Å². The van der Waals surface area contributed by atoms with E-state index in [4.69, 9.17) is 15.6 Å². The molecule has 0 saturated carbocycles. The highest BCUT2D eigenvalue weighted by Crippen LogP contribution is 2.29. The van der Waals surface area contributed by atoms with Crippen LogP contribution in [0, 0.1) is 11.3 Å². The highest BCUT2D eigenvalue weighted by molar-refractivity contribution is 5.72. The molecule has 0 aliphatic rings. The number of carboxylic acid groups (broad SMARTS) is 1. The molecule has 0 aliphatic carbocycles. The third-order valence-corrected chi connectivity index (χ3v) is 3.26. The third kappa shape index (κ3) is 9.28. The number of amides is 1. The molecule has 4 N–H and O–H groups in total. The molecule has 0 aromatic carbocycles. The van der Waals surface area contributed by atoms with Crippen molar-refractivity contribution in [3.8, 4) is 0 Å². The van der Waals surface area contributed by atoms with E-state index in [0.29, 0.717) is 19.4 Å². The summed E-state index contributed by atoms with van der Waals surface area (Å²) in [5.41, 5.74) is 4.94. The Balaban J connectivity index is 4.46.